The number of rotatable bonds is 9. The van der Waals surface area contributed by atoms with Gasteiger partial charge in [0.15, 0.2) is 5.83 Å². The Morgan fingerprint density at radius 2 is 1.88 bits per heavy atom. The largest absolute Gasteiger partial charge is 0.508 e. The molecule has 3 aliphatic carbocycles. The number of phenolic OH excluding ortho intramolecular Hbond substituents is 1. The summed E-state index contributed by atoms with van der Waals surface area (Å²) in [5.41, 5.74) is 7.38. The fourth-order valence-corrected chi connectivity index (χ4v) is 8.37. The summed E-state index contributed by atoms with van der Waals surface area (Å²) in [5.74, 6) is 1.33. The zero-order valence-corrected chi connectivity index (χ0v) is 31.1. The molecule has 278 valence electrons. The van der Waals surface area contributed by atoms with Gasteiger partial charge in [-0.25, -0.2) is 8.78 Å². The second kappa shape index (κ2) is 14.8. The van der Waals surface area contributed by atoms with Gasteiger partial charge in [-0.3, -0.25) is 4.99 Å². The fourth-order valence-electron chi connectivity index (χ4n) is 8.37. The van der Waals surface area contributed by atoms with E-state index in [2.05, 4.69) is 15.5 Å². The summed E-state index contributed by atoms with van der Waals surface area (Å²) >= 11 is 0. The van der Waals surface area contributed by atoms with Gasteiger partial charge in [0.05, 0.1) is 24.5 Å². The van der Waals surface area contributed by atoms with Gasteiger partial charge in [0, 0.05) is 61.9 Å². The summed E-state index contributed by atoms with van der Waals surface area (Å²) in [4.78, 5) is 19.6. The third kappa shape index (κ3) is 6.95. The second-order valence-electron chi connectivity index (χ2n) is 15.2. The van der Waals surface area contributed by atoms with Crippen molar-refractivity contribution in [1.82, 2.24) is 14.9 Å². The van der Waals surface area contributed by atoms with Gasteiger partial charge >= 0.3 is 6.01 Å². The predicted molar refractivity (Wildman–Crippen MR) is 204 cm³/mol. The molecule has 2 unspecified atom stereocenters. The summed E-state index contributed by atoms with van der Waals surface area (Å²) in [6, 6.07) is 6.10. The number of aryl methyl sites for hydroxylation is 1. The summed E-state index contributed by atoms with van der Waals surface area (Å²) in [7, 11) is 1.50. The van der Waals surface area contributed by atoms with Crippen LogP contribution in [0.25, 0.3) is 27.7 Å². The molecule has 11 heteroatoms. The quantitative estimate of drug-likeness (QED) is 0.243. The molecule has 9 nitrogen and oxygen atoms in total. The number of aromatic hydroxyl groups is 1. The Balaban J connectivity index is 0.00000207. The lowest BCUT2D eigenvalue weighted by Crippen LogP contribution is -2.33. The molecule has 0 spiro atoms. The lowest BCUT2D eigenvalue weighted by molar-refractivity contribution is 0.152. The number of anilines is 1. The Bertz CT molecular complexity index is 1920. The Morgan fingerprint density at radius 1 is 1.12 bits per heavy atom. The molecular formula is C41H52F2N6O3. The number of hydrogen-bond acceptors (Lipinski definition) is 9. The third-order valence-electron chi connectivity index (χ3n) is 11.1. The van der Waals surface area contributed by atoms with Gasteiger partial charge in [0.2, 0.25) is 0 Å². The average molecular weight is 715 g/mol. The zero-order chi connectivity index (χ0) is 36.7. The highest BCUT2D eigenvalue weighted by Gasteiger charge is 2.51. The van der Waals surface area contributed by atoms with Crippen molar-refractivity contribution in [3.8, 4) is 11.8 Å². The number of halogens is 2. The lowest BCUT2D eigenvalue weighted by atomic mass is 9.81. The van der Waals surface area contributed by atoms with Gasteiger partial charge in [0.25, 0.3) is 0 Å². The zero-order valence-electron chi connectivity index (χ0n) is 31.1. The van der Waals surface area contributed by atoms with Gasteiger partial charge in [-0.2, -0.15) is 9.97 Å². The molecule has 2 saturated carbocycles. The number of nitrogens with two attached hydrogens (primary N) is 1. The van der Waals surface area contributed by atoms with E-state index in [9.17, 15) is 5.11 Å². The molecular weight excluding hydrogens is 662 g/mol. The van der Waals surface area contributed by atoms with Crippen molar-refractivity contribution in [2.45, 2.75) is 65.8 Å². The van der Waals surface area contributed by atoms with E-state index in [1.54, 1.807) is 12.1 Å². The van der Waals surface area contributed by atoms with Gasteiger partial charge in [-0.15, -0.1) is 0 Å². The first kappa shape index (κ1) is 36.4. The number of allylic oxidation sites excluding steroid dienone is 3. The molecule has 0 radical (unpaired) electrons. The predicted octanol–water partition coefficient (Wildman–Crippen LogP) is 7.05. The molecule has 3 N–H and O–H groups in total. The highest BCUT2D eigenvalue weighted by Crippen LogP contribution is 2.52. The molecule has 1 aromatic heterocycles. The van der Waals surface area contributed by atoms with Gasteiger partial charge in [0.1, 0.15) is 23.1 Å². The van der Waals surface area contributed by atoms with Crippen molar-refractivity contribution >= 4 is 39.3 Å². The Morgan fingerprint density at radius 3 is 2.58 bits per heavy atom. The number of phenols is 1. The van der Waals surface area contributed by atoms with Crippen LogP contribution in [0.2, 0.25) is 0 Å². The average Bonchev–Trinajstić information content (AvgIpc) is 4.05. The number of hydrogen-bond donors (Lipinski definition) is 2. The van der Waals surface area contributed by atoms with Crippen molar-refractivity contribution in [3.05, 3.63) is 58.5 Å². The smallest absolute Gasteiger partial charge is 0.319 e. The molecule has 3 aromatic rings. The topological polar surface area (TPSA) is 109 Å². The van der Waals surface area contributed by atoms with Gasteiger partial charge in [-0.05, 0) is 112 Å². The number of piperidine rings is 1. The summed E-state index contributed by atoms with van der Waals surface area (Å²) in [6.45, 7) is 14.0. The van der Waals surface area contributed by atoms with Crippen LogP contribution in [0, 0.1) is 23.1 Å². The molecule has 2 saturated heterocycles. The highest BCUT2D eigenvalue weighted by atomic mass is 19.1. The molecule has 4 fully saturated rings. The molecule has 0 bridgehead atoms. The van der Waals surface area contributed by atoms with E-state index in [1.165, 1.54) is 38.7 Å². The van der Waals surface area contributed by atoms with Crippen LogP contribution in [0.15, 0.2) is 35.3 Å². The number of aromatic nitrogens is 2. The monoisotopic (exact) mass is 714 g/mol. The van der Waals surface area contributed by atoms with E-state index in [1.807, 2.05) is 33.8 Å². The first-order chi connectivity index (χ1) is 25.2. The summed E-state index contributed by atoms with van der Waals surface area (Å²) in [6.07, 6.45) is 6.69. The Labute approximate surface area is 305 Å². The first-order valence-corrected chi connectivity index (χ1v) is 19.0. The molecule has 3 heterocycles. The van der Waals surface area contributed by atoms with Crippen LogP contribution in [0.4, 0.5) is 14.6 Å². The van der Waals surface area contributed by atoms with Gasteiger partial charge in [-0.1, -0.05) is 19.1 Å². The minimum Gasteiger partial charge on any atom is -0.508 e. The van der Waals surface area contributed by atoms with Crippen LogP contribution < -0.4 is 15.4 Å². The van der Waals surface area contributed by atoms with Crippen molar-refractivity contribution < 1.29 is 23.4 Å². The Kier molecular flexibility index (Phi) is 10.4. The molecule has 0 amide bonds. The van der Waals surface area contributed by atoms with E-state index < -0.39 is 5.83 Å². The van der Waals surface area contributed by atoms with Gasteiger partial charge < -0.3 is 30.1 Å². The van der Waals surface area contributed by atoms with Crippen LogP contribution in [-0.2, 0) is 11.2 Å². The fraction of sp³-hybridized carbons (Fsp3) is 0.537. The Hall–Kier alpha value is -3.93. The van der Waals surface area contributed by atoms with Crippen LogP contribution in [0.5, 0.6) is 11.8 Å². The maximum absolute atomic E-state index is 17.7. The number of aliphatic imine (C=N–C) groups is 1. The number of nitrogens with zero attached hydrogens (tertiary/aromatic N) is 5. The van der Waals surface area contributed by atoms with Crippen LogP contribution in [-0.4, -0.2) is 91.3 Å². The standard InChI is InChI=1S/C40H47F2N5O3.CH5N/c1-5-28-31(41)9-8-24-17-27(48)18-30(32(24)28)33-35(42)37-34(29(6-2)36(33)43-23(3)4)38(47-12-7-14-49-15-13-47)45-39(44-37)50-22-40(10-11-40)21-46-19-25-16-26(25)20-46;1-2/h6,8-9,17-18,23,25-26,48H,5,7,10-16,19-22H2,1-4H3;2H2,1H3/b29-6-,43-36?;. The molecule has 2 aromatic carbocycles. The number of ether oxygens (including phenoxy) is 2. The minimum atomic E-state index is -0.597. The molecule has 2 atom stereocenters. The third-order valence-corrected chi connectivity index (χ3v) is 11.1. The number of benzene rings is 2. The van der Waals surface area contributed by atoms with Crippen molar-refractivity contribution in [1.29, 1.82) is 0 Å². The van der Waals surface area contributed by atoms with Crippen LogP contribution >= 0.6 is 0 Å². The number of likely N-dealkylation sites (tertiary alicyclic amines) is 1. The molecule has 2 aliphatic heterocycles. The lowest BCUT2D eigenvalue weighted by Gasteiger charge is -2.31. The van der Waals surface area contributed by atoms with Crippen molar-refractivity contribution in [2.75, 3.05) is 64.5 Å². The summed E-state index contributed by atoms with van der Waals surface area (Å²) < 4.78 is 45.4. The molecule has 52 heavy (non-hydrogen) atoms. The van der Waals surface area contributed by atoms with Crippen molar-refractivity contribution in [3.63, 3.8) is 0 Å². The number of fused-ring (bicyclic) bond motifs is 3. The van der Waals surface area contributed by atoms with Crippen molar-refractivity contribution in [2.24, 2.45) is 28.0 Å². The summed E-state index contributed by atoms with van der Waals surface area (Å²) in [5, 5.41) is 12.1. The normalized spacial score (nSPS) is 23.8. The molecule has 5 aliphatic rings. The molecule has 8 rings (SSSR count). The van der Waals surface area contributed by atoms with E-state index >= 15 is 8.78 Å². The second-order valence-corrected chi connectivity index (χ2v) is 15.2. The maximum atomic E-state index is 17.7. The van der Waals surface area contributed by atoms with E-state index in [4.69, 9.17) is 24.4 Å². The van der Waals surface area contributed by atoms with E-state index in [0.717, 1.165) is 37.6 Å². The van der Waals surface area contributed by atoms with E-state index in [-0.39, 0.29) is 40.3 Å². The highest BCUT2D eigenvalue weighted by molar-refractivity contribution is 6.51. The van der Waals surface area contributed by atoms with Crippen LogP contribution in [0.3, 0.4) is 0 Å². The SMILES string of the molecule is C/C=C1\C(=NC(C)C)C(c2cc(O)cc3ccc(F)c(CC)c23)=C(F)c2nc(OCC3(CN4CC5CC5C4)CC3)nc(N3CCCOCC3)c21.CN. The first-order valence-electron chi connectivity index (χ1n) is 19.0. The maximum Gasteiger partial charge on any atom is 0.319 e. The van der Waals surface area contributed by atoms with Crippen LogP contribution in [0.1, 0.15) is 75.8 Å². The van der Waals surface area contributed by atoms with E-state index in [0.29, 0.717) is 83.9 Å². The minimum absolute atomic E-state index is 0.0415.